The van der Waals surface area contributed by atoms with Gasteiger partial charge in [-0.25, -0.2) is 4.68 Å². The molecule has 1 unspecified atom stereocenters. The minimum absolute atomic E-state index is 0.0366. The van der Waals surface area contributed by atoms with Crippen LogP contribution in [0.2, 0.25) is 0 Å². The van der Waals surface area contributed by atoms with Crippen LogP contribution in [0.1, 0.15) is 42.0 Å². The smallest absolute Gasteiger partial charge is 0.303 e. The fourth-order valence-electron chi connectivity index (χ4n) is 3.22. The van der Waals surface area contributed by atoms with Crippen LogP contribution in [0.25, 0.3) is 5.69 Å². The van der Waals surface area contributed by atoms with Crippen molar-refractivity contribution >= 4 is 11.7 Å². The van der Waals surface area contributed by atoms with Crippen molar-refractivity contribution in [2.75, 3.05) is 0 Å². The highest BCUT2D eigenvalue weighted by Crippen LogP contribution is 2.35. The molecule has 0 aliphatic heterocycles. The van der Waals surface area contributed by atoms with Crippen LogP contribution in [0.3, 0.4) is 0 Å². The van der Waals surface area contributed by atoms with Gasteiger partial charge in [-0.2, -0.15) is 5.10 Å². The summed E-state index contributed by atoms with van der Waals surface area (Å²) in [5.41, 5.74) is 3.20. The first kappa shape index (κ1) is 15.2. The Balaban J connectivity index is 2.03. The van der Waals surface area contributed by atoms with E-state index in [0.29, 0.717) is 11.3 Å². The lowest BCUT2D eigenvalue weighted by Crippen LogP contribution is -2.15. The lowest BCUT2D eigenvalue weighted by atomic mass is 9.85. The van der Waals surface area contributed by atoms with Gasteiger partial charge in [0.2, 0.25) is 0 Å². The second kappa shape index (κ2) is 5.83. The van der Waals surface area contributed by atoms with Crippen LogP contribution in [0.4, 0.5) is 5.69 Å². The van der Waals surface area contributed by atoms with E-state index < -0.39 is 10.9 Å². The second-order valence-electron chi connectivity index (χ2n) is 5.87. The zero-order chi connectivity index (χ0) is 16.6. The van der Waals surface area contributed by atoms with E-state index in [-0.39, 0.29) is 18.0 Å². The Morgan fingerprint density at radius 1 is 1.52 bits per heavy atom. The fourth-order valence-corrected chi connectivity index (χ4v) is 3.22. The monoisotopic (exact) mass is 315 g/mol. The fraction of sp³-hybridized carbons (Fsp3) is 0.375. The Bertz CT molecular complexity index is 782. The number of benzene rings is 1. The van der Waals surface area contributed by atoms with Crippen molar-refractivity contribution in [3.05, 3.63) is 51.3 Å². The van der Waals surface area contributed by atoms with Crippen LogP contribution in [0, 0.1) is 17.0 Å². The molecule has 0 bridgehead atoms. The first-order valence-electron chi connectivity index (χ1n) is 7.51. The lowest BCUT2D eigenvalue weighted by Gasteiger charge is -2.21. The summed E-state index contributed by atoms with van der Waals surface area (Å²) in [5.74, 6) is -0.855. The molecule has 0 saturated heterocycles. The van der Waals surface area contributed by atoms with Gasteiger partial charge in [0.25, 0.3) is 5.69 Å². The number of hydrogen-bond donors (Lipinski definition) is 1. The number of carboxylic acids is 1. The molecule has 7 nitrogen and oxygen atoms in total. The van der Waals surface area contributed by atoms with Crippen molar-refractivity contribution in [1.82, 2.24) is 9.78 Å². The van der Waals surface area contributed by atoms with Crippen LogP contribution in [0.15, 0.2) is 24.4 Å². The number of aryl methyl sites for hydroxylation is 1. The number of nitro benzene ring substituents is 1. The standard InChI is InChI=1S/C16H17N3O4/c1-10-5-6-12(8-15(10)19(22)23)18-14-4-2-3-11(7-16(20)21)13(14)9-17-18/h5-6,8-9,11H,2-4,7H2,1H3,(H,20,21). The molecular formula is C16H17N3O4. The normalized spacial score (nSPS) is 16.8. The summed E-state index contributed by atoms with van der Waals surface area (Å²) >= 11 is 0. The summed E-state index contributed by atoms with van der Waals surface area (Å²) in [6.45, 7) is 1.70. The summed E-state index contributed by atoms with van der Waals surface area (Å²) in [5, 5.41) is 24.5. The molecule has 3 rings (SSSR count). The highest BCUT2D eigenvalue weighted by atomic mass is 16.6. The van der Waals surface area contributed by atoms with Gasteiger partial charge in [-0.05, 0) is 43.7 Å². The van der Waals surface area contributed by atoms with E-state index in [2.05, 4.69) is 5.10 Å². The third-order valence-electron chi connectivity index (χ3n) is 4.36. The van der Waals surface area contributed by atoms with Crippen LogP contribution in [0.5, 0.6) is 0 Å². The summed E-state index contributed by atoms with van der Waals surface area (Å²) in [6, 6.07) is 5.03. The van der Waals surface area contributed by atoms with Gasteiger partial charge in [0, 0.05) is 17.3 Å². The molecule has 1 aromatic heterocycles. The van der Waals surface area contributed by atoms with Gasteiger partial charge >= 0.3 is 5.97 Å². The number of carboxylic acid groups (broad SMARTS) is 1. The summed E-state index contributed by atoms with van der Waals surface area (Å²) in [7, 11) is 0. The number of rotatable bonds is 4. The van der Waals surface area contributed by atoms with Gasteiger partial charge in [-0.3, -0.25) is 14.9 Å². The molecule has 1 aliphatic carbocycles. The molecule has 0 radical (unpaired) electrons. The molecule has 1 N–H and O–H groups in total. The van der Waals surface area contributed by atoms with Gasteiger partial charge in [0.15, 0.2) is 0 Å². The molecule has 0 amide bonds. The Morgan fingerprint density at radius 3 is 3.00 bits per heavy atom. The van der Waals surface area contributed by atoms with Crippen molar-refractivity contribution in [3.8, 4) is 5.69 Å². The zero-order valence-corrected chi connectivity index (χ0v) is 12.7. The van der Waals surface area contributed by atoms with Crippen molar-refractivity contribution in [1.29, 1.82) is 0 Å². The number of aliphatic carboxylic acids is 1. The number of fused-ring (bicyclic) bond motifs is 1. The van der Waals surface area contributed by atoms with E-state index in [1.54, 1.807) is 29.9 Å². The SMILES string of the molecule is Cc1ccc(-n2ncc3c2CCCC3CC(=O)O)cc1[N+](=O)[O-]. The average molecular weight is 315 g/mol. The van der Waals surface area contributed by atoms with Crippen molar-refractivity contribution in [3.63, 3.8) is 0 Å². The maximum Gasteiger partial charge on any atom is 0.303 e. The minimum atomic E-state index is -0.818. The van der Waals surface area contributed by atoms with Gasteiger partial charge in [0.1, 0.15) is 0 Å². The first-order chi connectivity index (χ1) is 11.0. The van der Waals surface area contributed by atoms with Crippen molar-refractivity contribution in [2.45, 2.75) is 38.5 Å². The van der Waals surface area contributed by atoms with Crippen molar-refractivity contribution < 1.29 is 14.8 Å². The average Bonchev–Trinajstić information content (AvgIpc) is 2.92. The molecule has 7 heteroatoms. The molecule has 23 heavy (non-hydrogen) atoms. The van der Waals surface area contributed by atoms with Gasteiger partial charge in [-0.15, -0.1) is 0 Å². The highest BCUT2D eigenvalue weighted by Gasteiger charge is 2.27. The molecule has 120 valence electrons. The minimum Gasteiger partial charge on any atom is -0.481 e. The molecule has 2 aromatic rings. The molecule has 1 aliphatic rings. The Hall–Kier alpha value is -2.70. The molecule has 1 aromatic carbocycles. The van der Waals surface area contributed by atoms with E-state index in [1.807, 2.05) is 0 Å². The van der Waals surface area contributed by atoms with Crippen LogP contribution >= 0.6 is 0 Å². The second-order valence-corrected chi connectivity index (χ2v) is 5.87. The van der Waals surface area contributed by atoms with Crippen molar-refractivity contribution in [2.24, 2.45) is 0 Å². The molecular weight excluding hydrogens is 298 g/mol. The highest BCUT2D eigenvalue weighted by molar-refractivity contribution is 5.68. The summed E-state index contributed by atoms with van der Waals surface area (Å²) in [4.78, 5) is 21.7. The Kier molecular flexibility index (Phi) is 3.85. The van der Waals surface area contributed by atoms with Gasteiger partial charge in [0.05, 0.1) is 23.2 Å². The first-order valence-corrected chi connectivity index (χ1v) is 7.51. The van der Waals surface area contributed by atoms with E-state index in [9.17, 15) is 14.9 Å². The number of nitro groups is 1. The number of hydrogen-bond acceptors (Lipinski definition) is 4. The largest absolute Gasteiger partial charge is 0.481 e. The van der Waals surface area contributed by atoms with Gasteiger partial charge < -0.3 is 5.11 Å². The summed E-state index contributed by atoms with van der Waals surface area (Å²) in [6.07, 6.45) is 4.32. The summed E-state index contributed by atoms with van der Waals surface area (Å²) < 4.78 is 1.70. The topological polar surface area (TPSA) is 98.3 Å². The lowest BCUT2D eigenvalue weighted by molar-refractivity contribution is -0.385. The quantitative estimate of drug-likeness (QED) is 0.691. The Morgan fingerprint density at radius 2 is 2.30 bits per heavy atom. The van der Waals surface area contributed by atoms with E-state index >= 15 is 0 Å². The maximum atomic E-state index is 11.1. The number of carbonyl (C=O) groups is 1. The maximum absolute atomic E-state index is 11.1. The molecule has 0 spiro atoms. The van der Waals surface area contributed by atoms with Crippen LogP contribution in [-0.2, 0) is 11.2 Å². The van der Waals surface area contributed by atoms with Crippen LogP contribution in [-0.4, -0.2) is 25.8 Å². The number of aromatic nitrogens is 2. The van der Waals surface area contributed by atoms with Gasteiger partial charge in [-0.1, -0.05) is 6.07 Å². The van der Waals surface area contributed by atoms with E-state index in [1.165, 1.54) is 6.07 Å². The third-order valence-corrected chi connectivity index (χ3v) is 4.36. The Labute approximate surface area is 132 Å². The predicted molar refractivity (Wildman–Crippen MR) is 82.9 cm³/mol. The molecule has 1 atom stereocenters. The molecule has 0 saturated carbocycles. The number of nitrogens with zero attached hydrogens (tertiary/aromatic N) is 3. The van der Waals surface area contributed by atoms with Crippen LogP contribution < -0.4 is 0 Å². The predicted octanol–water partition coefficient (Wildman–Crippen LogP) is 2.98. The van der Waals surface area contributed by atoms with E-state index in [4.69, 9.17) is 5.11 Å². The third kappa shape index (κ3) is 2.81. The molecule has 1 heterocycles. The zero-order valence-electron chi connectivity index (χ0n) is 12.7. The molecule has 0 fully saturated rings. The van der Waals surface area contributed by atoms with E-state index in [0.717, 1.165) is 30.5 Å².